The minimum Gasteiger partial charge on any atom is -0.543 e. The average Bonchev–Trinajstić information content (AvgIpc) is 3.20. The van der Waals surface area contributed by atoms with Crippen molar-refractivity contribution in [3.63, 3.8) is 0 Å². The molecule has 6 rings (SSSR count). The van der Waals surface area contributed by atoms with E-state index in [0.29, 0.717) is 50.1 Å². The Kier molecular flexibility index (Phi) is 13.1. The highest BCUT2D eigenvalue weighted by Crippen LogP contribution is 2.42. The number of hydrogen-bond acceptors (Lipinski definition) is 5. The first-order valence-corrected chi connectivity index (χ1v) is 21.9. The summed E-state index contributed by atoms with van der Waals surface area (Å²) in [6.07, 6.45) is 4.86. The van der Waals surface area contributed by atoms with Gasteiger partial charge in [0.2, 0.25) is 8.32 Å². The summed E-state index contributed by atoms with van der Waals surface area (Å²) >= 11 is 0. The van der Waals surface area contributed by atoms with Crippen molar-refractivity contribution in [2.45, 2.75) is 71.8 Å². The molecule has 6 aromatic carbocycles. The maximum absolute atomic E-state index is 7.07. The van der Waals surface area contributed by atoms with Crippen LogP contribution in [0.5, 0.6) is 28.7 Å². The molecule has 0 heterocycles. The Balaban J connectivity index is 1.31. The first-order chi connectivity index (χ1) is 26.6. The Morgan fingerprint density at radius 2 is 0.909 bits per heavy atom. The van der Waals surface area contributed by atoms with Gasteiger partial charge in [-0.05, 0) is 64.5 Å². The number of rotatable bonds is 17. The quantitative estimate of drug-likeness (QED) is 0.0869. The Morgan fingerprint density at radius 1 is 0.473 bits per heavy atom. The van der Waals surface area contributed by atoms with Crippen LogP contribution in [0, 0.1) is 0 Å². The van der Waals surface area contributed by atoms with Crippen molar-refractivity contribution in [3.05, 3.63) is 191 Å². The van der Waals surface area contributed by atoms with Crippen LogP contribution in [0.25, 0.3) is 6.08 Å². The van der Waals surface area contributed by atoms with Gasteiger partial charge < -0.3 is 23.4 Å². The van der Waals surface area contributed by atoms with E-state index in [0.717, 1.165) is 44.9 Å². The Morgan fingerprint density at radius 3 is 1.40 bits per heavy atom. The highest BCUT2D eigenvalue weighted by molar-refractivity contribution is 6.74. The molecule has 0 bridgehead atoms. The van der Waals surface area contributed by atoms with Crippen molar-refractivity contribution in [2.24, 2.45) is 0 Å². The lowest BCUT2D eigenvalue weighted by molar-refractivity contribution is 0.256. The van der Waals surface area contributed by atoms with Gasteiger partial charge in [-0.2, -0.15) is 0 Å². The molecule has 0 saturated carbocycles. The Bertz CT molecular complexity index is 2110. The standard InChI is InChI=1S/C49H52O5Si/c1-49(2,3)55(4,5)54-47-33-43(50-34-39-19-10-6-11-20-39)32-46(52-36-41-23-14-8-15-24-41)44(47)28-18-27-38-29-30-45(51-35-40-21-12-7-13-22-40)48(31-38)53-37-42-25-16-9-17-26-42/h6-27,29-33H,28,34-37H2,1-5H3. The van der Waals surface area contributed by atoms with E-state index in [1.807, 2.05) is 97.1 Å². The zero-order valence-corrected chi connectivity index (χ0v) is 33.7. The molecule has 55 heavy (non-hydrogen) atoms. The van der Waals surface area contributed by atoms with Gasteiger partial charge in [0, 0.05) is 17.7 Å². The number of benzene rings is 6. The second-order valence-electron chi connectivity index (χ2n) is 15.2. The van der Waals surface area contributed by atoms with E-state index in [1.54, 1.807) is 0 Å². The second kappa shape index (κ2) is 18.5. The molecule has 0 unspecified atom stereocenters. The molecule has 0 aromatic heterocycles. The number of ether oxygens (including phenoxy) is 4. The molecule has 0 amide bonds. The SMILES string of the molecule is CC(C)(C)[Si](C)(C)Oc1cc(OCc2ccccc2)cc(OCc2ccccc2)c1CC=Cc1ccc(OCc2ccccc2)c(OCc2ccccc2)c1. The lowest BCUT2D eigenvalue weighted by atomic mass is 10.1. The van der Waals surface area contributed by atoms with Crippen LogP contribution in [-0.4, -0.2) is 8.32 Å². The lowest BCUT2D eigenvalue weighted by Crippen LogP contribution is -2.44. The van der Waals surface area contributed by atoms with Gasteiger partial charge in [0.15, 0.2) is 11.5 Å². The van der Waals surface area contributed by atoms with Crippen molar-refractivity contribution < 1.29 is 23.4 Å². The first-order valence-electron chi connectivity index (χ1n) is 19.0. The summed E-state index contributed by atoms with van der Waals surface area (Å²) in [6, 6.07) is 50.9. The van der Waals surface area contributed by atoms with Crippen LogP contribution < -0.4 is 23.4 Å². The predicted molar refractivity (Wildman–Crippen MR) is 227 cm³/mol. The Hall–Kier alpha value is -5.72. The van der Waals surface area contributed by atoms with E-state index in [4.69, 9.17) is 23.4 Å². The molecule has 0 N–H and O–H groups in total. The molecule has 0 radical (unpaired) electrons. The third-order valence-electron chi connectivity index (χ3n) is 9.87. The monoisotopic (exact) mass is 748 g/mol. The summed E-state index contributed by atoms with van der Waals surface area (Å²) in [5, 5.41) is -0.00739. The molecule has 0 aliphatic heterocycles. The van der Waals surface area contributed by atoms with Crippen LogP contribution in [-0.2, 0) is 32.8 Å². The zero-order valence-electron chi connectivity index (χ0n) is 32.7. The van der Waals surface area contributed by atoms with Crippen molar-refractivity contribution >= 4 is 14.4 Å². The van der Waals surface area contributed by atoms with Gasteiger partial charge in [-0.15, -0.1) is 0 Å². The summed E-state index contributed by atoms with van der Waals surface area (Å²) in [6.45, 7) is 13.1. The fourth-order valence-corrected chi connectivity index (χ4v) is 6.69. The van der Waals surface area contributed by atoms with Crippen LogP contribution in [0.1, 0.15) is 54.2 Å². The minimum absolute atomic E-state index is 0.00739. The number of allylic oxidation sites excluding steroid dienone is 1. The van der Waals surface area contributed by atoms with Gasteiger partial charge in [-0.25, -0.2) is 0 Å². The summed E-state index contributed by atoms with van der Waals surface area (Å²) < 4.78 is 32.7. The molecule has 0 spiro atoms. The molecule has 5 nitrogen and oxygen atoms in total. The normalized spacial score (nSPS) is 11.7. The third kappa shape index (κ3) is 11.4. The van der Waals surface area contributed by atoms with Crippen LogP contribution >= 0.6 is 0 Å². The molecule has 6 heteroatoms. The van der Waals surface area contributed by atoms with E-state index in [-0.39, 0.29) is 5.04 Å². The van der Waals surface area contributed by atoms with E-state index >= 15 is 0 Å². The summed E-state index contributed by atoms with van der Waals surface area (Å²) in [5.74, 6) is 3.63. The molecular weight excluding hydrogens is 697 g/mol. The van der Waals surface area contributed by atoms with Crippen molar-refractivity contribution in [3.8, 4) is 28.7 Å². The fourth-order valence-electron chi connectivity index (χ4n) is 5.65. The molecule has 0 aliphatic carbocycles. The van der Waals surface area contributed by atoms with Gasteiger partial charge in [-0.1, -0.05) is 160 Å². The minimum atomic E-state index is -2.25. The molecule has 0 aliphatic rings. The van der Waals surface area contributed by atoms with Crippen LogP contribution in [0.15, 0.2) is 158 Å². The predicted octanol–water partition coefficient (Wildman–Crippen LogP) is 12.6. The van der Waals surface area contributed by atoms with Gasteiger partial charge in [-0.3, -0.25) is 0 Å². The van der Waals surface area contributed by atoms with E-state index < -0.39 is 8.32 Å². The largest absolute Gasteiger partial charge is 0.543 e. The molecule has 0 fully saturated rings. The third-order valence-corrected chi connectivity index (χ3v) is 14.2. The molecule has 6 aromatic rings. The summed E-state index contributed by atoms with van der Waals surface area (Å²) in [4.78, 5) is 0. The topological polar surface area (TPSA) is 46.2 Å². The number of hydrogen-bond donors (Lipinski definition) is 0. The van der Waals surface area contributed by atoms with Crippen LogP contribution in [0.4, 0.5) is 0 Å². The van der Waals surface area contributed by atoms with Crippen molar-refractivity contribution in [2.75, 3.05) is 0 Å². The van der Waals surface area contributed by atoms with E-state index in [9.17, 15) is 0 Å². The highest BCUT2D eigenvalue weighted by Gasteiger charge is 2.39. The van der Waals surface area contributed by atoms with Gasteiger partial charge in [0.1, 0.15) is 43.7 Å². The Labute approximate surface area is 328 Å². The molecule has 0 saturated heterocycles. The average molecular weight is 749 g/mol. The maximum atomic E-state index is 7.07. The van der Waals surface area contributed by atoms with Crippen LogP contribution in [0.3, 0.4) is 0 Å². The second-order valence-corrected chi connectivity index (χ2v) is 19.9. The summed E-state index contributed by atoms with van der Waals surface area (Å²) in [7, 11) is -2.25. The molecule has 0 atom stereocenters. The lowest BCUT2D eigenvalue weighted by Gasteiger charge is -2.37. The molecular formula is C49H52O5Si. The van der Waals surface area contributed by atoms with Crippen molar-refractivity contribution in [1.82, 2.24) is 0 Å². The van der Waals surface area contributed by atoms with E-state index in [2.05, 4.69) is 101 Å². The fraction of sp³-hybridized carbons (Fsp3) is 0.224. The van der Waals surface area contributed by atoms with Gasteiger partial charge in [0.25, 0.3) is 0 Å². The van der Waals surface area contributed by atoms with E-state index in [1.165, 1.54) is 0 Å². The summed E-state index contributed by atoms with van der Waals surface area (Å²) in [5.41, 5.74) is 6.34. The van der Waals surface area contributed by atoms with Gasteiger partial charge >= 0.3 is 0 Å². The van der Waals surface area contributed by atoms with Gasteiger partial charge in [0.05, 0.1) is 0 Å². The smallest absolute Gasteiger partial charge is 0.250 e. The maximum Gasteiger partial charge on any atom is 0.250 e. The first kappa shape index (κ1) is 39.0. The zero-order chi connectivity index (χ0) is 38.5. The molecule has 282 valence electrons. The van der Waals surface area contributed by atoms with Crippen molar-refractivity contribution in [1.29, 1.82) is 0 Å². The van der Waals surface area contributed by atoms with Crippen LogP contribution in [0.2, 0.25) is 18.1 Å². The highest BCUT2D eigenvalue weighted by atomic mass is 28.4.